The van der Waals surface area contributed by atoms with E-state index in [1.54, 1.807) is 21.2 Å². The Balaban J connectivity index is 0.00000961. The number of benzene rings is 1. The van der Waals surface area contributed by atoms with Crippen molar-refractivity contribution < 1.29 is 19.1 Å². The molecule has 0 unspecified atom stereocenters. The van der Waals surface area contributed by atoms with Crippen LogP contribution in [0.5, 0.6) is 5.75 Å². The van der Waals surface area contributed by atoms with Gasteiger partial charge in [0.15, 0.2) is 5.96 Å². The van der Waals surface area contributed by atoms with Crippen LogP contribution in [0.3, 0.4) is 0 Å². The molecule has 0 radical (unpaired) electrons. The summed E-state index contributed by atoms with van der Waals surface area (Å²) in [7, 11) is 5.04. The van der Waals surface area contributed by atoms with Crippen LogP contribution in [0.15, 0.2) is 29.3 Å². The highest BCUT2D eigenvalue weighted by molar-refractivity contribution is 14.0. The van der Waals surface area contributed by atoms with Crippen molar-refractivity contribution in [1.29, 1.82) is 0 Å². The lowest BCUT2D eigenvalue weighted by Gasteiger charge is -2.19. The number of likely N-dealkylation sites (N-methyl/N-ethyl adjacent to an activating group) is 1. The number of nitrogens with one attached hydrogen (secondary N) is 3. The molecule has 0 fully saturated rings. The van der Waals surface area contributed by atoms with E-state index in [2.05, 4.69) is 20.9 Å². The predicted octanol–water partition coefficient (Wildman–Crippen LogP) is 2.39. The minimum absolute atomic E-state index is 0. The number of hydrogen-bond donors (Lipinski definition) is 3. The van der Waals surface area contributed by atoms with Crippen LogP contribution >= 0.6 is 24.0 Å². The monoisotopic (exact) mass is 563 g/mol. The summed E-state index contributed by atoms with van der Waals surface area (Å²) in [5.74, 6) is 1.30. The Kier molecular flexibility index (Phi) is 14.5. The molecule has 0 heterocycles. The van der Waals surface area contributed by atoms with E-state index in [4.69, 9.17) is 9.47 Å². The zero-order chi connectivity index (χ0) is 23.3. The molecule has 10 heteroatoms. The molecule has 9 nitrogen and oxygen atoms in total. The first-order valence-corrected chi connectivity index (χ1v) is 10.4. The molecule has 0 aromatic heterocycles. The van der Waals surface area contributed by atoms with Crippen molar-refractivity contribution in [3.8, 4) is 5.75 Å². The third-order valence-corrected chi connectivity index (χ3v) is 4.05. The van der Waals surface area contributed by atoms with Gasteiger partial charge in [-0.3, -0.25) is 4.79 Å². The molecule has 0 atom stereocenters. The molecule has 2 amide bonds. The zero-order valence-corrected chi connectivity index (χ0v) is 22.3. The number of carbonyl (C=O) groups is 2. The summed E-state index contributed by atoms with van der Waals surface area (Å²) in [6, 6.07) is 7.89. The molecule has 0 saturated carbocycles. The van der Waals surface area contributed by atoms with Crippen molar-refractivity contribution in [3.05, 3.63) is 29.8 Å². The molecule has 0 bridgehead atoms. The smallest absolute Gasteiger partial charge is 0.407 e. The second kappa shape index (κ2) is 15.5. The van der Waals surface area contributed by atoms with Crippen LogP contribution in [0, 0.1) is 0 Å². The maximum atomic E-state index is 11.9. The van der Waals surface area contributed by atoms with Gasteiger partial charge in [-0.2, -0.15) is 0 Å². The van der Waals surface area contributed by atoms with E-state index in [9.17, 15) is 9.59 Å². The number of guanidine groups is 1. The Morgan fingerprint density at radius 1 is 1.00 bits per heavy atom. The van der Waals surface area contributed by atoms with Crippen molar-refractivity contribution in [2.24, 2.45) is 4.99 Å². The lowest BCUT2D eigenvalue weighted by molar-refractivity contribution is -0.127. The number of carbonyl (C=O) groups excluding carboxylic acids is 2. The molecule has 0 aliphatic carbocycles. The number of nitrogens with zero attached hydrogens (tertiary/aromatic N) is 2. The Hall–Kier alpha value is -2.24. The Bertz CT molecular complexity index is 718. The van der Waals surface area contributed by atoms with Crippen LogP contribution < -0.4 is 20.7 Å². The van der Waals surface area contributed by atoms with Gasteiger partial charge < -0.3 is 30.3 Å². The number of hydrogen-bond acceptors (Lipinski definition) is 5. The second-order valence-electron chi connectivity index (χ2n) is 8.19. The minimum Gasteiger partial charge on any atom is -0.497 e. The lowest BCUT2D eigenvalue weighted by atomic mass is 10.1. The van der Waals surface area contributed by atoms with Gasteiger partial charge in [0, 0.05) is 33.7 Å². The number of amides is 2. The molecular formula is C22H38IN5O4. The summed E-state index contributed by atoms with van der Waals surface area (Å²) in [5.41, 5.74) is 0.646. The zero-order valence-electron chi connectivity index (χ0n) is 20.0. The summed E-state index contributed by atoms with van der Waals surface area (Å²) >= 11 is 0. The van der Waals surface area contributed by atoms with Crippen LogP contribution in [-0.2, 0) is 16.0 Å². The molecule has 1 aromatic carbocycles. The summed E-state index contributed by atoms with van der Waals surface area (Å²) in [6.45, 7) is 7.24. The maximum Gasteiger partial charge on any atom is 0.407 e. The Morgan fingerprint density at radius 2 is 1.59 bits per heavy atom. The number of halogens is 1. The molecule has 182 valence electrons. The maximum absolute atomic E-state index is 11.9. The average molecular weight is 563 g/mol. The number of alkyl carbamates (subject to hydrolysis) is 1. The van der Waals surface area contributed by atoms with Gasteiger partial charge >= 0.3 is 6.09 Å². The van der Waals surface area contributed by atoms with Gasteiger partial charge in [-0.15, -0.1) is 24.0 Å². The lowest BCUT2D eigenvalue weighted by Crippen LogP contribution is -2.41. The van der Waals surface area contributed by atoms with Crippen LogP contribution in [0.25, 0.3) is 0 Å². The van der Waals surface area contributed by atoms with E-state index < -0.39 is 11.7 Å². The quantitative estimate of drug-likeness (QED) is 0.175. The molecule has 3 N–H and O–H groups in total. The van der Waals surface area contributed by atoms with Crippen LogP contribution in [-0.4, -0.2) is 75.8 Å². The normalized spacial score (nSPS) is 11.1. The van der Waals surface area contributed by atoms with Crippen LogP contribution in [0.2, 0.25) is 0 Å². The van der Waals surface area contributed by atoms with Crippen LogP contribution in [0.4, 0.5) is 4.79 Å². The van der Waals surface area contributed by atoms with E-state index in [1.807, 2.05) is 45.0 Å². The first kappa shape index (κ1) is 29.8. The number of methoxy groups -OCH3 is 1. The molecule has 0 spiro atoms. The average Bonchev–Trinajstić information content (AvgIpc) is 2.70. The van der Waals surface area contributed by atoms with Gasteiger partial charge in [-0.1, -0.05) is 12.1 Å². The fraction of sp³-hybridized carbons (Fsp3) is 0.591. The number of rotatable bonds is 10. The summed E-state index contributed by atoms with van der Waals surface area (Å²) in [6.07, 6.45) is 1.04. The van der Waals surface area contributed by atoms with Crippen LogP contribution in [0.1, 0.15) is 32.8 Å². The van der Waals surface area contributed by atoms with Crippen molar-refractivity contribution >= 4 is 41.9 Å². The first-order chi connectivity index (χ1) is 14.6. The summed E-state index contributed by atoms with van der Waals surface area (Å²) < 4.78 is 10.4. The SMILES string of the molecule is COc1ccc(CCNC(=NCC(=O)N(C)C)NCCCNC(=O)OC(C)(C)C)cc1.I. The molecule has 0 saturated heterocycles. The first-order valence-electron chi connectivity index (χ1n) is 10.4. The van der Waals surface area contributed by atoms with E-state index in [0.717, 1.165) is 12.2 Å². The predicted molar refractivity (Wildman–Crippen MR) is 138 cm³/mol. The van der Waals surface area contributed by atoms with E-state index in [1.165, 1.54) is 10.5 Å². The molecule has 0 aliphatic heterocycles. The topological polar surface area (TPSA) is 104 Å². The molecule has 32 heavy (non-hydrogen) atoms. The standard InChI is InChI=1S/C22H37N5O4.HI/c1-22(2,3)31-21(29)25-14-7-13-23-20(26-16-19(28)27(4)5)24-15-12-17-8-10-18(30-6)11-9-17;/h8-11H,7,12-16H2,1-6H3,(H,25,29)(H2,23,24,26);1H. The van der Waals surface area contributed by atoms with Crippen molar-refractivity contribution in [1.82, 2.24) is 20.9 Å². The van der Waals surface area contributed by atoms with Gasteiger partial charge in [0.2, 0.25) is 5.91 Å². The fourth-order valence-electron chi connectivity index (χ4n) is 2.38. The summed E-state index contributed by atoms with van der Waals surface area (Å²) in [4.78, 5) is 29.4. The third kappa shape index (κ3) is 13.9. The van der Waals surface area contributed by atoms with Gasteiger partial charge in [0.1, 0.15) is 17.9 Å². The Labute approximate surface area is 208 Å². The molecule has 1 aromatic rings. The van der Waals surface area contributed by atoms with E-state index >= 15 is 0 Å². The van der Waals surface area contributed by atoms with Crippen molar-refractivity contribution in [2.45, 2.75) is 39.2 Å². The molecule has 0 aliphatic rings. The van der Waals surface area contributed by atoms with Gasteiger partial charge in [0.05, 0.1) is 7.11 Å². The molecule has 1 rings (SSSR count). The summed E-state index contributed by atoms with van der Waals surface area (Å²) in [5, 5.41) is 9.16. The second-order valence-corrected chi connectivity index (χ2v) is 8.19. The van der Waals surface area contributed by atoms with Gasteiger partial charge in [-0.25, -0.2) is 9.79 Å². The van der Waals surface area contributed by atoms with Crippen molar-refractivity contribution in [3.63, 3.8) is 0 Å². The van der Waals surface area contributed by atoms with Crippen molar-refractivity contribution in [2.75, 3.05) is 47.4 Å². The third-order valence-electron chi connectivity index (χ3n) is 4.05. The highest BCUT2D eigenvalue weighted by Crippen LogP contribution is 2.11. The van der Waals surface area contributed by atoms with E-state index in [0.29, 0.717) is 32.0 Å². The largest absolute Gasteiger partial charge is 0.497 e. The fourth-order valence-corrected chi connectivity index (χ4v) is 2.38. The highest BCUT2D eigenvalue weighted by Gasteiger charge is 2.15. The number of aliphatic imine (C=N–C) groups is 1. The van der Waals surface area contributed by atoms with Gasteiger partial charge in [0.25, 0.3) is 0 Å². The van der Waals surface area contributed by atoms with Gasteiger partial charge in [-0.05, 0) is 51.3 Å². The highest BCUT2D eigenvalue weighted by atomic mass is 127. The molecular weight excluding hydrogens is 525 g/mol. The number of ether oxygens (including phenoxy) is 2. The Morgan fingerprint density at radius 3 is 2.16 bits per heavy atom. The van der Waals surface area contributed by atoms with E-state index in [-0.39, 0.29) is 36.4 Å². The minimum atomic E-state index is -0.519.